The molecule has 0 radical (unpaired) electrons. The predicted molar refractivity (Wildman–Crippen MR) is 99.2 cm³/mol. The molecule has 1 saturated heterocycles. The Labute approximate surface area is 151 Å². The monoisotopic (exact) mass is 358 g/mol. The zero-order valence-corrected chi connectivity index (χ0v) is 15.8. The molecule has 1 amide bonds. The molecule has 0 aromatic heterocycles. The van der Waals surface area contributed by atoms with Crippen molar-refractivity contribution in [1.29, 1.82) is 0 Å². The Balaban J connectivity index is 0.00000264. The molecular formula is C18H28Cl2N2O. The second-order valence-corrected chi connectivity index (χ2v) is 7.84. The summed E-state index contributed by atoms with van der Waals surface area (Å²) in [7, 11) is 0. The molecule has 130 valence electrons. The second-order valence-electron chi connectivity index (χ2n) is 7.40. The van der Waals surface area contributed by atoms with Gasteiger partial charge in [0.25, 0.3) is 0 Å². The van der Waals surface area contributed by atoms with E-state index < -0.39 is 0 Å². The molecule has 2 N–H and O–H groups in total. The Morgan fingerprint density at radius 1 is 1.26 bits per heavy atom. The Morgan fingerprint density at radius 2 is 1.83 bits per heavy atom. The summed E-state index contributed by atoms with van der Waals surface area (Å²) in [5, 5.41) is 7.30. The zero-order valence-electron chi connectivity index (χ0n) is 14.2. The molecule has 23 heavy (non-hydrogen) atoms. The van der Waals surface area contributed by atoms with Crippen LogP contribution >= 0.6 is 24.0 Å². The van der Waals surface area contributed by atoms with Crippen LogP contribution in [0, 0.1) is 11.3 Å². The SMILES string of the molecule is CC(C)(C)CC(NC(=O)C1CCNCC1)c1ccc(Cl)cc1.Cl. The molecular weight excluding hydrogens is 331 g/mol. The van der Waals surface area contributed by atoms with E-state index in [9.17, 15) is 4.79 Å². The summed E-state index contributed by atoms with van der Waals surface area (Å²) >= 11 is 5.98. The molecule has 0 spiro atoms. The first-order valence-corrected chi connectivity index (χ1v) is 8.49. The van der Waals surface area contributed by atoms with Gasteiger partial charge < -0.3 is 10.6 Å². The molecule has 1 aliphatic rings. The van der Waals surface area contributed by atoms with E-state index in [-0.39, 0.29) is 35.7 Å². The van der Waals surface area contributed by atoms with Gasteiger partial charge in [-0.1, -0.05) is 44.5 Å². The summed E-state index contributed by atoms with van der Waals surface area (Å²) in [6, 6.07) is 7.86. The molecule has 0 bridgehead atoms. The van der Waals surface area contributed by atoms with Gasteiger partial charge in [0.2, 0.25) is 5.91 Å². The third-order valence-electron chi connectivity index (χ3n) is 4.12. The molecule has 1 aromatic rings. The van der Waals surface area contributed by atoms with Gasteiger partial charge in [-0.2, -0.15) is 0 Å². The molecule has 2 rings (SSSR count). The van der Waals surface area contributed by atoms with Crippen molar-refractivity contribution >= 4 is 29.9 Å². The van der Waals surface area contributed by atoms with Gasteiger partial charge in [-0.05, 0) is 55.5 Å². The number of piperidine rings is 1. The van der Waals surface area contributed by atoms with E-state index in [1.165, 1.54) is 0 Å². The van der Waals surface area contributed by atoms with E-state index in [2.05, 4.69) is 31.4 Å². The number of benzene rings is 1. The standard InChI is InChI=1S/C18H27ClN2O.ClH/c1-18(2,3)12-16(13-4-6-15(19)7-5-13)21-17(22)14-8-10-20-11-9-14;/h4-7,14,16,20H,8-12H2,1-3H3,(H,21,22);1H. The summed E-state index contributed by atoms with van der Waals surface area (Å²) in [6.45, 7) is 8.47. The minimum absolute atomic E-state index is 0. The smallest absolute Gasteiger partial charge is 0.223 e. The highest BCUT2D eigenvalue weighted by atomic mass is 35.5. The largest absolute Gasteiger partial charge is 0.349 e. The van der Waals surface area contributed by atoms with Crippen LogP contribution in [0.2, 0.25) is 5.02 Å². The lowest BCUT2D eigenvalue weighted by Crippen LogP contribution is -2.40. The van der Waals surface area contributed by atoms with Crippen molar-refractivity contribution in [3.05, 3.63) is 34.9 Å². The van der Waals surface area contributed by atoms with E-state index in [0.29, 0.717) is 0 Å². The van der Waals surface area contributed by atoms with Gasteiger partial charge in [0.1, 0.15) is 0 Å². The lowest BCUT2D eigenvalue weighted by molar-refractivity contribution is -0.126. The summed E-state index contributed by atoms with van der Waals surface area (Å²) in [5.74, 6) is 0.321. The van der Waals surface area contributed by atoms with Crippen LogP contribution in [0.5, 0.6) is 0 Å². The van der Waals surface area contributed by atoms with Crippen molar-refractivity contribution in [2.75, 3.05) is 13.1 Å². The molecule has 1 fully saturated rings. The Bertz CT molecular complexity index is 491. The van der Waals surface area contributed by atoms with Gasteiger partial charge in [0, 0.05) is 10.9 Å². The van der Waals surface area contributed by atoms with Crippen molar-refractivity contribution < 1.29 is 4.79 Å². The fourth-order valence-electron chi connectivity index (χ4n) is 2.93. The molecule has 1 aliphatic heterocycles. The summed E-state index contributed by atoms with van der Waals surface area (Å²) in [4.78, 5) is 12.6. The third-order valence-corrected chi connectivity index (χ3v) is 4.37. The van der Waals surface area contributed by atoms with Crippen LogP contribution in [-0.4, -0.2) is 19.0 Å². The minimum atomic E-state index is 0. The Morgan fingerprint density at radius 3 is 2.35 bits per heavy atom. The minimum Gasteiger partial charge on any atom is -0.349 e. The number of nitrogens with one attached hydrogen (secondary N) is 2. The highest BCUT2D eigenvalue weighted by molar-refractivity contribution is 6.30. The van der Waals surface area contributed by atoms with E-state index in [0.717, 1.165) is 42.9 Å². The maximum Gasteiger partial charge on any atom is 0.223 e. The van der Waals surface area contributed by atoms with Crippen LogP contribution in [0.4, 0.5) is 0 Å². The number of carbonyl (C=O) groups excluding carboxylic acids is 1. The first kappa shape index (κ1) is 20.3. The van der Waals surface area contributed by atoms with E-state index in [1.807, 2.05) is 24.3 Å². The lowest BCUT2D eigenvalue weighted by Gasteiger charge is -2.30. The number of hydrogen-bond donors (Lipinski definition) is 2. The van der Waals surface area contributed by atoms with Gasteiger partial charge in [0.05, 0.1) is 6.04 Å². The maximum atomic E-state index is 12.6. The molecule has 1 atom stereocenters. The first-order valence-electron chi connectivity index (χ1n) is 8.12. The van der Waals surface area contributed by atoms with Gasteiger partial charge in [-0.25, -0.2) is 0 Å². The van der Waals surface area contributed by atoms with Crippen molar-refractivity contribution in [3.63, 3.8) is 0 Å². The molecule has 1 aromatic carbocycles. The molecule has 0 saturated carbocycles. The van der Waals surface area contributed by atoms with Gasteiger partial charge in [0.15, 0.2) is 0 Å². The van der Waals surface area contributed by atoms with Crippen LogP contribution in [0.3, 0.4) is 0 Å². The normalized spacial score (nSPS) is 17.2. The highest BCUT2D eigenvalue weighted by Crippen LogP contribution is 2.30. The molecule has 5 heteroatoms. The van der Waals surface area contributed by atoms with Crippen LogP contribution in [0.25, 0.3) is 0 Å². The summed E-state index contributed by atoms with van der Waals surface area (Å²) < 4.78 is 0. The number of amides is 1. The predicted octanol–water partition coefficient (Wildman–Crippen LogP) is 4.35. The van der Waals surface area contributed by atoms with Crippen molar-refractivity contribution in [2.45, 2.75) is 46.1 Å². The van der Waals surface area contributed by atoms with Gasteiger partial charge >= 0.3 is 0 Å². The van der Waals surface area contributed by atoms with E-state index >= 15 is 0 Å². The fraction of sp³-hybridized carbons (Fsp3) is 0.611. The quantitative estimate of drug-likeness (QED) is 0.839. The first-order chi connectivity index (χ1) is 10.3. The topological polar surface area (TPSA) is 41.1 Å². The van der Waals surface area contributed by atoms with E-state index in [1.54, 1.807) is 0 Å². The van der Waals surface area contributed by atoms with Crippen molar-refractivity contribution in [3.8, 4) is 0 Å². The average molecular weight is 359 g/mol. The zero-order chi connectivity index (χ0) is 16.2. The van der Waals surface area contributed by atoms with Crippen LogP contribution in [0.1, 0.15) is 51.6 Å². The maximum absolute atomic E-state index is 12.6. The van der Waals surface area contributed by atoms with Crippen LogP contribution < -0.4 is 10.6 Å². The van der Waals surface area contributed by atoms with E-state index in [4.69, 9.17) is 11.6 Å². The molecule has 0 aliphatic carbocycles. The van der Waals surface area contributed by atoms with Crippen molar-refractivity contribution in [1.82, 2.24) is 10.6 Å². The number of hydrogen-bond acceptors (Lipinski definition) is 2. The second kappa shape index (κ2) is 8.91. The fourth-order valence-corrected chi connectivity index (χ4v) is 3.06. The number of rotatable bonds is 4. The Hall–Kier alpha value is -0.770. The van der Waals surface area contributed by atoms with Crippen LogP contribution in [-0.2, 0) is 4.79 Å². The Kier molecular flexibility index (Phi) is 7.85. The molecule has 1 unspecified atom stereocenters. The highest BCUT2D eigenvalue weighted by Gasteiger charge is 2.26. The lowest BCUT2D eigenvalue weighted by atomic mass is 9.85. The molecule has 3 nitrogen and oxygen atoms in total. The number of carbonyl (C=O) groups is 1. The molecule has 1 heterocycles. The van der Waals surface area contributed by atoms with Gasteiger partial charge in [-0.3, -0.25) is 4.79 Å². The average Bonchev–Trinajstić information content (AvgIpc) is 2.47. The summed E-state index contributed by atoms with van der Waals surface area (Å²) in [6.07, 6.45) is 2.76. The van der Waals surface area contributed by atoms with Gasteiger partial charge in [-0.15, -0.1) is 12.4 Å². The number of halogens is 2. The van der Waals surface area contributed by atoms with Crippen LogP contribution in [0.15, 0.2) is 24.3 Å². The van der Waals surface area contributed by atoms with Crippen molar-refractivity contribution in [2.24, 2.45) is 11.3 Å². The summed E-state index contributed by atoms with van der Waals surface area (Å²) in [5.41, 5.74) is 1.27. The third kappa shape index (κ3) is 6.70.